The van der Waals surface area contributed by atoms with Gasteiger partial charge in [0.15, 0.2) is 5.96 Å². The maximum atomic E-state index is 5.92. The molecule has 0 aromatic heterocycles. The van der Waals surface area contributed by atoms with Gasteiger partial charge in [-0.1, -0.05) is 37.6 Å². The molecule has 1 aromatic carbocycles. The Morgan fingerprint density at radius 2 is 2.28 bits per heavy atom. The lowest BCUT2D eigenvalue weighted by atomic mass is 10.1. The Hall–Kier alpha value is -1.51. The minimum Gasteiger partial charge on any atom is -0.370 e. The molecular formula is C15H21N3. The van der Waals surface area contributed by atoms with E-state index >= 15 is 0 Å². The smallest absolute Gasteiger partial charge is 0.188 e. The highest BCUT2D eigenvalue weighted by atomic mass is 15.1. The molecule has 1 aromatic rings. The first-order valence-corrected chi connectivity index (χ1v) is 6.95. The average Bonchev–Trinajstić information content (AvgIpc) is 2.88. The molecular weight excluding hydrogens is 222 g/mol. The van der Waals surface area contributed by atoms with Crippen LogP contribution in [0.5, 0.6) is 0 Å². The Labute approximate surface area is 108 Å². The van der Waals surface area contributed by atoms with Crippen molar-refractivity contribution in [2.45, 2.75) is 38.1 Å². The Bertz CT molecular complexity index is 467. The summed E-state index contributed by atoms with van der Waals surface area (Å²) < 4.78 is 0. The summed E-state index contributed by atoms with van der Waals surface area (Å²) in [7, 11) is 0. The van der Waals surface area contributed by atoms with Crippen molar-refractivity contribution in [1.82, 2.24) is 5.32 Å². The number of hydrogen-bond acceptors (Lipinski definition) is 1. The van der Waals surface area contributed by atoms with Gasteiger partial charge in [0, 0.05) is 18.5 Å². The van der Waals surface area contributed by atoms with Crippen LogP contribution in [0.4, 0.5) is 0 Å². The van der Waals surface area contributed by atoms with E-state index in [0.717, 1.165) is 18.9 Å². The molecule has 1 fully saturated rings. The van der Waals surface area contributed by atoms with Crippen LogP contribution < -0.4 is 11.1 Å². The van der Waals surface area contributed by atoms with E-state index in [1.54, 1.807) is 0 Å². The fourth-order valence-electron chi connectivity index (χ4n) is 3.12. The SMILES string of the molecule is CCCCN=C(N)NC1C2Cc3ccccc3C21. The van der Waals surface area contributed by atoms with E-state index in [0.29, 0.717) is 17.9 Å². The van der Waals surface area contributed by atoms with Crippen LogP contribution in [0, 0.1) is 5.92 Å². The molecule has 0 aliphatic heterocycles. The number of rotatable bonds is 4. The topological polar surface area (TPSA) is 50.4 Å². The zero-order valence-corrected chi connectivity index (χ0v) is 10.9. The highest BCUT2D eigenvalue weighted by molar-refractivity contribution is 5.79. The maximum absolute atomic E-state index is 5.92. The van der Waals surface area contributed by atoms with E-state index in [9.17, 15) is 0 Å². The molecule has 0 amide bonds. The molecule has 0 bridgehead atoms. The van der Waals surface area contributed by atoms with Gasteiger partial charge >= 0.3 is 0 Å². The zero-order valence-electron chi connectivity index (χ0n) is 10.9. The van der Waals surface area contributed by atoms with Gasteiger partial charge in [-0.15, -0.1) is 0 Å². The van der Waals surface area contributed by atoms with Gasteiger partial charge in [0.2, 0.25) is 0 Å². The van der Waals surface area contributed by atoms with Crippen molar-refractivity contribution in [3.63, 3.8) is 0 Å². The minimum atomic E-state index is 0.519. The molecule has 3 N–H and O–H groups in total. The lowest BCUT2D eigenvalue weighted by molar-refractivity contribution is 0.735. The van der Waals surface area contributed by atoms with Gasteiger partial charge < -0.3 is 11.1 Å². The highest BCUT2D eigenvalue weighted by Crippen LogP contribution is 2.56. The second-order valence-electron chi connectivity index (χ2n) is 5.38. The molecule has 0 radical (unpaired) electrons. The first kappa shape index (κ1) is 11.6. The number of guanidine groups is 1. The molecule has 96 valence electrons. The summed E-state index contributed by atoms with van der Waals surface area (Å²) in [5.41, 5.74) is 8.95. The van der Waals surface area contributed by atoms with Crippen LogP contribution in [-0.4, -0.2) is 18.5 Å². The summed E-state index contributed by atoms with van der Waals surface area (Å²) in [6.07, 6.45) is 3.47. The summed E-state index contributed by atoms with van der Waals surface area (Å²) in [4.78, 5) is 4.36. The van der Waals surface area contributed by atoms with E-state index in [2.05, 4.69) is 41.5 Å². The average molecular weight is 243 g/mol. The number of nitrogens with two attached hydrogens (primary N) is 1. The predicted molar refractivity (Wildman–Crippen MR) is 74.7 cm³/mol. The van der Waals surface area contributed by atoms with Crippen molar-refractivity contribution in [3.05, 3.63) is 35.4 Å². The molecule has 2 aliphatic rings. The van der Waals surface area contributed by atoms with Crippen LogP contribution in [0.15, 0.2) is 29.3 Å². The number of aliphatic imine (C=N–C) groups is 1. The first-order chi connectivity index (χ1) is 8.81. The van der Waals surface area contributed by atoms with E-state index in [1.807, 2.05) is 0 Å². The van der Waals surface area contributed by atoms with Gasteiger partial charge in [0.1, 0.15) is 0 Å². The molecule has 3 heteroatoms. The first-order valence-electron chi connectivity index (χ1n) is 6.95. The van der Waals surface area contributed by atoms with Crippen LogP contribution in [0.2, 0.25) is 0 Å². The maximum Gasteiger partial charge on any atom is 0.188 e. The molecule has 18 heavy (non-hydrogen) atoms. The van der Waals surface area contributed by atoms with Crippen LogP contribution >= 0.6 is 0 Å². The van der Waals surface area contributed by atoms with Crippen LogP contribution in [0.3, 0.4) is 0 Å². The Balaban J connectivity index is 1.58. The number of fused-ring (bicyclic) bond motifs is 3. The second kappa shape index (κ2) is 4.63. The van der Waals surface area contributed by atoms with E-state index in [1.165, 1.54) is 24.0 Å². The summed E-state index contributed by atoms with van der Waals surface area (Å²) in [6, 6.07) is 9.29. The summed E-state index contributed by atoms with van der Waals surface area (Å²) in [5, 5.41) is 3.38. The Morgan fingerprint density at radius 3 is 3.11 bits per heavy atom. The van der Waals surface area contributed by atoms with Crippen LogP contribution in [0.25, 0.3) is 0 Å². The molecule has 3 nitrogen and oxygen atoms in total. The van der Waals surface area contributed by atoms with E-state index in [-0.39, 0.29) is 0 Å². The molecule has 3 rings (SSSR count). The zero-order chi connectivity index (χ0) is 12.5. The Kier molecular flexibility index (Phi) is 2.98. The third-order valence-corrected chi connectivity index (χ3v) is 4.15. The molecule has 3 atom stereocenters. The van der Waals surface area contributed by atoms with Crippen molar-refractivity contribution in [2.24, 2.45) is 16.6 Å². The largest absolute Gasteiger partial charge is 0.370 e. The van der Waals surface area contributed by atoms with Crippen molar-refractivity contribution < 1.29 is 0 Å². The Morgan fingerprint density at radius 1 is 1.44 bits per heavy atom. The van der Waals surface area contributed by atoms with Gasteiger partial charge in [-0.05, 0) is 29.9 Å². The van der Waals surface area contributed by atoms with Crippen molar-refractivity contribution in [3.8, 4) is 0 Å². The lowest BCUT2D eigenvalue weighted by Gasteiger charge is -2.09. The van der Waals surface area contributed by atoms with E-state index < -0.39 is 0 Å². The summed E-state index contributed by atoms with van der Waals surface area (Å²) in [5.74, 6) is 2.03. The van der Waals surface area contributed by atoms with Gasteiger partial charge in [-0.3, -0.25) is 4.99 Å². The standard InChI is InChI=1S/C15H21N3/c1-2-3-8-17-15(16)18-14-12-9-10-6-4-5-7-11(10)13(12)14/h4-7,12-14H,2-3,8-9H2,1H3,(H3,16,17,18). The number of nitrogens with one attached hydrogen (secondary N) is 1. The summed E-state index contributed by atoms with van der Waals surface area (Å²) in [6.45, 7) is 3.01. The number of hydrogen-bond donors (Lipinski definition) is 2. The van der Waals surface area contributed by atoms with Crippen LogP contribution in [-0.2, 0) is 6.42 Å². The molecule has 0 saturated heterocycles. The second-order valence-corrected chi connectivity index (χ2v) is 5.38. The van der Waals surface area contributed by atoms with Gasteiger partial charge in [0.25, 0.3) is 0 Å². The predicted octanol–water partition coefficient (Wildman–Crippen LogP) is 2.03. The highest BCUT2D eigenvalue weighted by Gasteiger charge is 2.55. The van der Waals surface area contributed by atoms with Gasteiger partial charge in [-0.2, -0.15) is 0 Å². The fourth-order valence-corrected chi connectivity index (χ4v) is 3.12. The fraction of sp³-hybridized carbons (Fsp3) is 0.533. The molecule has 0 heterocycles. The van der Waals surface area contributed by atoms with Crippen molar-refractivity contribution in [2.75, 3.05) is 6.54 Å². The molecule has 2 aliphatic carbocycles. The third-order valence-electron chi connectivity index (χ3n) is 4.15. The van der Waals surface area contributed by atoms with Crippen molar-refractivity contribution in [1.29, 1.82) is 0 Å². The minimum absolute atomic E-state index is 0.519. The number of nitrogens with zero attached hydrogens (tertiary/aromatic N) is 1. The van der Waals surface area contributed by atoms with Crippen molar-refractivity contribution >= 4 is 5.96 Å². The molecule has 0 spiro atoms. The number of unbranched alkanes of at least 4 members (excludes halogenated alkanes) is 1. The molecule has 3 unspecified atom stereocenters. The monoisotopic (exact) mass is 243 g/mol. The lowest BCUT2D eigenvalue weighted by Crippen LogP contribution is -2.35. The van der Waals surface area contributed by atoms with E-state index in [4.69, 9.17) is 5.73 Å². The van der Waals surface area contributed by atoms with Gasteiger partial charge in [0.05, 0.1) is 0 Å². The van der Waals surface area contributed by atoms with Gasteiger partial charge in [-0.25, -0.2) is 0 Å². The number of benzene rings is 1. The normalized spacial score (nSPS) is 28.7. The van der Waals surface area contributed by atoms with Crippen LogP contribution in [0.1, 0.15) is 36.8 Å². The summed E-state index contributed by atoms with van der Waals surface area (Å²) >= 11 is 0. The molecule has 1 saturated carbocycles. The third kappa shape index (κ3) is 1.98. The quantitative estimate of drug-likeness (QED) is 0.483.